The number of halogens is 1. The van der Waals surface area contributed by atoms with Crippen LogP contribution in [0.1, 0.15) is 11.7 Å². The molecule has 0 aliphatic heterocycles. The summed E-state index contributed by atoms with van der Waals surface area (Å²) in [6.45, 7) is 0.842. The second kappa shape index (κ2) is 4.60. The van der Waals surface area contributed by atoms with E-state index in [0.717, 1.165) is 12.2 Å². The lowest BCUT2D eigenvalue weighted by atomic mass is 10.2. The fourth-order valence-corrected chi connectivity index (χ4v) is 1.49. The molecule has 0 saturated carbocycles. The summed E-state index contributed by atoms with van der Waals surface area (Å²) in [5.41, 5.74) is 0.959. The van der Waals surface area contributed by atoms with Gasteiger partial charge in [0.25, 0.3) is 0 Å². The number of nitrogens with one attached hydrogen (secondary N) is 2. The highest BCUT2D eigenvalue weighted by Gasteiger charge is 2.17. The van der Waals surface area contributed by atoms with Crippen LogP contribution < -0.4 is 5.32 Å². The Hall–Kier alpha value is -0.580. The van der Waals surface area contributed by atoms with E-state index in [4.69, 9.17) is 11.6 Å². The van der Waals surface area contributed by atoms with Gasteiger partial charge < -0.3 is 10.3 Å². The fraction of sp³-hybridized carbons (Fsp3) is 0.625. The van der Waals surface area contributed by atoms with Crippen molar-refractivity contribution < 1.29 is 0 Å². The van der Waals surface area contributed by atoms with Crippen molar-refractivity contribution >= 4 is 11.6 Å². The highest BCUT2D eigenvalue weighted by atomic mass is 35.5. The average Bonchev–Trinajstić information content (AvgIpc) is 2.47. The molecule has 0 aliphatic rings. The van der Waals surface area contributed by atoms with E-state index in [9.17, 15) is 0 Å². The van der Waals surface area contributed by atoms with Crippen molar-refractivity contribution in [2.24, 2.45) is 0 Å². The number of nitrogens with zero attached hydrogens (tertiary/aromatic N) is 2. The van der Waals surface area contributed by atoms with Crippen LogP contribution in [0.25, 0.3) is 0 Å². The zero-order valence-electron chi connectivity index (χ0n) is 8.13. The number of likely N-dealkylation sites (N-methyl/N-ethyl adjacent to an activating group) is 2. The quantitative estimate of drug-likeness (QED) is 0.762. The predicted octanol–water partition coefficient (Wildman–Crippen LogP) is 0.885. The molecule has 1 rings (SSSR count). The van der Waals surface area contributed by atoms with Crippen LogP contribution in [0.4, 0.5) is 0 Å². The molecule has 0 aliphatic carbocycles. The van der Waals surface area contributed by atoms with Gasteiger partial charge in [-0.25, -0.2) is 4.98 Å². The Morgan fingerprint density at radius 3 is 2.77 bits per heavy atom. The molecule has 1 unspecified atom stereocenters. The van der Waals surface area contributed by atoms with E-state index in [0.29, 0.717) is 5.15 Å². The van der Waals surface area contributed by atoms with Crippen molar-refractivity contribution in [1.29, 1.82) is 0 Å². The van der Waals surface area contributed by atoms with Crippen LogP contribution in [0.2, 0.25) is 5.15 Å². The first-order valence-electron chi connectivity index (χ1n) is 4.16. The van der Waals surface area contributed by atoms with Gasteiger partial charge in [0, 0.05) is 6.54 Å². The van der Waals surface area contributed by atoms with Crippen molar-refractivity contribution in [3.05, 3.63) is 17.2 Å². The zero-order valence-corrected chi connectivity index (χ0v) is 8.89. The van der Waals surface area contributed by atoms with E-state index in [2.05, 4.69) is 20.2 Å². The van der Waals surface area contributed by atoms with Crippen LogP contribution in [0.3, 0.4) is 0 Å². The standard InChI is InChI=1S/C8H15ClN4/c1-10-4-6(13(2)3)7-8(9)12-5-11-7/h5-6,10H,4H2,1-3H3,(H,11,12). The van der Waals surface area contributed by atoms with E-state index in [1.165, 1.54) is 0 Å². The summed E-state index contributed by atoms with van der Waals surface area (Å²) in [6.07, 6.45) is 1.61. The molecule has 0 bridgehead atoms. The van der Waals surface area contributed by atoms with Crippen molar-refractivity contribution in [3.63, 3.8) is 0 Å². The van der Waals surface area contributed by atoms with E-state index in [-0.39, 0.29) is 6.04 Å². The van der Waals surface area contributed by atoms with E-state index < -0.39 is 0 Å². The van der Waals surface area contributed by atoms with Crippen LogP contribution >= 0.6 is 11.6 Å². The maximum atomic E-state index is 5.92. The molecule has 1 aromatic heterocycles. The third kappa shape index (κ3) is 2.43. The normalized spacial score (nSPS) is 13.6. The molecule has 2 N–H and O–H groups in total. The number of hydrogen-bond donors (Lipinski definition) is 2. The van der Waals surface area contributed by atoms with Gasteiger partial charge in [-0.2, -0.15) is 0 Å². The van der Waals surface area contributed by atoms with E-state index >= 15 is 0 Å². The number of imidazole rings is 1. The second-order valence-electron chi connectivity index (χ2n) is 3.14. The zero-order chi connectivity index (χ0) is 9.84. The van der Waals surface area contributed by atoms with E-state index in [1.54, 1.807) is 6.33 Å². The van der Waals surface area contributed by atoms with Gasteiger partial charge in [0.05, 0.1) is 18.1 Å². The van der Waals surface area contributed by atoms with Crippen LogP contribution in [-0.4, -0.2) is 42.6 Å². The Morgan fingerprint density at radius 1 is 1.69 bits per heavy atom. The van der Waals surface area contributed by atoms with Crippen molar-refractivity contribution in [3.8, 4) is 0 Å². The predicted molar refractivity (Wildman–Crippen MR) is 54.0 cm³/mol. The van der Waals surface area contributed by atoms with Crippen molar-refractivity contribution in [1.82, 2.24) is 20.2 Å². The SMILES string of the molecule is CNCC(c1[nH]cnc1Cl)N(C)C. The summed E-state index contributed by atoms with van der Waals surface area (Å²) >= 11 is 5.92. The van der Waals surface area contributed by atoms with Gasteiger partial charge in [-0.3, -0.25) is 4.90 Å². The minimum absolute atomic E-state index is 0.236. The fourth-order valence-electron chi connectivity index (χ4n) is 1.26. The first-order valence-corrected chi connectivity index (χ1v) is 4.54. The summed E-state index contributed by atoms with van der Waals surface area (Å²) in [7, 11) is 5.94. The van der Waals surface area contributed by atoms with Crippen LogP contribution in [0.15, 0.2) is 6.33 Å². The number of rotatable bonds is 4. The number of H-pyrrole nitrogens is 1. The molecular weight excluding hydrogens is 188 g/mol. The van der Waals surface area contributed by atoms with Gasteiger partial charge >= 0.3 is 0 Å². The summed E-state index contributed by atoms with van der Waals surface area (Å²) in [5.74, 6) is 0. The van der Waals surface area contributed by atoms with Crippen molar-refractivity contribution in [2.75, 3.05) is 27.7 Å². The molecule has 0 spiro atoms. The topological polar surface area (TPSA) is 44.0 Å². The van der Waals surface area contributed by atoms with Gasteiger partial charge in [0.1, 0.15) is 0 Å². The molecule has 0 saturated heterocycles. The van der Waals surface area contributed by atoms with Gasteiger partial charge in [-0.1, -0.05) is 11.6 Å². The number of hydrogen-bond acceptors (Lipinski definition) is 3. The monoisotopic (exact) mass is 202 g/mol. The summed E-state index contributed by atoms with van der Waals surface area (Å²) in [5, 5.41) is 3.67. The molecule has 4 nitrogen and oxygen atoms in total. The van der Waals surface area contributed by atoms with Gasteiger partial charge in [0.2, 0.25) is 0 Å². The molecular formula is C8H15ClN4. The maximum Gasteiger partial charge on any atom is 0.151 e. The molecule has 1 atom stereocenters. The first-order chi connectivity index (χ1) is 6.16. The number of aromatic nitrogens is 2. The molecule has 13 heavy (non-hydrogen) atoms. The van der Waals surface area contributed by atoms with Crippen LogP contribution in [0.5, 0.6) is 0 Å². The third-order valence-corrected chi connectivity index (χ3v) is 2.28. The summed E-state index contributed by atoms with van der Waals surface area (Å²) < 4.78 is 0. The molecule has 74 valence electrons. The lowest BCUT2D eigenvalue weighted by Gasteiger charge is -2.22. The first kappa shape index (κ1) is 10.5. The molecule has 1 aromatic rings. The summed E-state index contributed by atoms with van der Waals surface area (Å²) in [6, 6.07) is 0.236. The minimum Gasteiger partial charge on any atom is -0.346 e. The third-order valence-electron chi connectivity index (χ3n) is 1.97. The van der Waals surface area contributed by atoms with Gasteiger partial charge in [-0.15, -0.1) is 0 Å². The van der Waals surface area contributed by atoms with Gasteiger partial charge in [0.15, 0.2) is 5.15 Å². The van der Waals surface area contributed by atoms with Gasteiger partial charge in [-0.05, 0) is 21.1 Å². The Labute approximate surface area is 83.3 Å². The molecule has 0 aromatic carbocycles. The van der Waals surface area contributed by atoms with Crippen LogP contribution in [-0.2, 0) is 0 Å². The molecule has 0 amide bonds. The molecule has 5 heteroatoms. The Morgan fingerprint density at radius 2 is 2.38 bits per heavy atom. The Balaban J connectivity index is 2.82. The minimum atomic E-state index is 0.236. The Kier molecular flexibility index (Phi) is 3.71. The second-order valence-corrected chi connectivity index (χ2v) is 3.50. The van der Waals surface area contributed by atoms with Crippen molar-refractivity contribution in [2.45, 2.75) is 6.04 Å². The highest BCUT2D eigenvalue weighted by Crippen LogP contribution is 2.21. The largest absolute Gasteiger partial charge is 0.346 e. The lowest BCUT2D eigenvalue weighted by molar-refractivity contribution is 0.289. The Bertz CT molecular complexity index is 258. The molecule has 0 radical (unpaired) electrons. The van der Waals surface area contributed by atoms with Crippen LogP contribution in [0, 0.1) is 0 Å². The average molecular weight is 203 g/mol. The number of aromatic amines is 1. The highest BCUT2D eigenvalue weighted by molar-refractivity contribution is 6.30. The lowest BCUT2D eigenvalue weighted by Crippen LogP contribution is -2.29. The summed E-state index contributed by atoms with van der Waals surface area (Å²) in [4.78, 5) is 9.10. The maximum absolute atomic E-state index is 5.92. The smallest absolute Gasteiger partial charge is 0.151 e. The molecule has 1 heterocycles. The van der Waals surface area contributed by atoms with E-state index in [1.807, 2.05) is 21.1 Å². The molecule has 0 fully saturated rings.